The summed E-state index contributed by atoms with van der Waals surface area (Å²) < 4.78 is 7.07. The van der Waals surface area contributed by atoms with Crippen LogP contribution in [0.3, 0.4) is 0 Å². The van der Waals surface area contributed by atoms with Gasteiger partial charge in [-0.15, -0.1) is 5.10 Å². The highest BCUT2D eigenvalue weighted by atomic mass is 16.5. The van der Waals surface area contributed by atoms with Crippen molar-refractivity contribution in [2.24, 2.45) is 0 Å². The van der Waals surface area contributed by atoms with Crippen LogP contribution in [-0.2, 0) is 16.1 Å². The van der Waals surface area contributed by atoms with E-state index in [-0.39, 0.29) is 0 Å². The summed E-state index contributed by atoms with van der Waals surface area (Å²) in [5, 5.41) is 13.0. The minimum Gasteiger partial charge on any atom is -0.449 e. The van der Waals surface area contributed by atoms with Crippen molar-refractivity contribution in [3.8, 4) is 0 Å². The molecule has 7 nitrogen and oxygen atoms in total. The normalized spacial score (nSPS) is 12.1. The van der Waals surface area contributed by atoms with Gasteiger partial charge in [-0.1, -0.05) is 35.5 Å². The van der Waals surface area contributed by atoms with Crippen molar-refractivity contribution in [1.29, 1.82) is 0 Å². The van der Waals surface area contributed by atoms with E-state index in [0.29, 0.717) is 23.3 Å². The van der Waals surface area contributed by atoms with E-state index in [1.165, 1.54) is 0 Å². The largest absolute Gasteiger partial charge is 0.449 e. The lowest BCUT2D eigenvalue weighted by Gasteiger charge is -2.14. The van der Waals surface area contributed by atoms with Crippen molar-refractivity contribution in [1.82, 2.24) is 15.0 Å². The summed E-state index contributed by atoms with van der Waals surface area (Å²) in [6.07, 6.45) is -0.948. The molecule has 0 fully saturated rings. The average Bonchev–Trinajstić information content (AvgIpc) is 3.15. The Morgan fingerprint density at radius 1 is 1.07 bits per heavy atom. The third-order valence-corrected chi connectivity index (χ3v) is 4.72. The summed E-state index contributed by atoms with van der Waals surface area (Å²) in [4.78, 5) is 24.9. The molecule has 0 unspecified atom stereocenters. The molecule has 1 N–H and O–H groups in total. The first-order valence-electron chi connectivity index (χ1n) is 9.39. The fourth-order valence-electron chi connectivity index (χ4n) is 3.13. The van der Waals surface area contributed by atoms with Gasteiger partial charge in [0.2, 0.25) is 0 Å². The Hall–Kier alpha value is -3.74. The molecular weight excluding hydrogens is 368 g/mol. The second-order valence-corrected chi connectivity index (χ2v) is 6.71. The maximum Gasteiger partial charge on any atom is 0.338 e. The Kier molecular flexibility index (Phi) is 4.95. The number of amides is 1. The summed E-state index contributed by atoms with van der Waals surface area (Å²) in [7, 11) is 0. The number of nitrogens with one attached hydrogen (secondary N) is 1. The molecule has 1 atom stereocenters. The van der Waals surface area contributed by atoms with Gasteiger partial charge in [0.25, 0.3) is 5.91 Å². The van der Waals surface area contributed by atoms with Crippen molar-refractivity contribution in [2.45, 2.75) is 26.5 Å². The maximum atomic E-state index is 12.5. The molecule has 0 aliphatic rings. The van der Waals surface area contributed by atoms with E-state index < -0.39 is 18.0 Å². The van der Waals surface area contributed by atoms with Gasteiger partial charge in [-0.2, -0.15) is 0 Å². The van der Waals surface area contributed by atoms with Crippen molar-refractivity contribution >= 4 is 39.4 Å². The number of rotatable bonds is 5. The van der Waals surface area contributed by atoms with Crippen molar-refractivity contribution in [3.63, 3.8) is 0 Å². The summed E-state index contributed by atoms with van der Waals surface area (Å²) in [6, 6.07) is 18.5. The highest BCUT2D eigenvalue weighted by Crippen LogP contribution is 2.19. The van der Waals surface area contributed by atoms with Crippen LogP contribution in [0.4, 0.5) is 5.69 Å². The quantitative estimate of drug-likeness (QED) is 0.526. The number of benzene rings is 3. The summed E-state index contributed by atoms with van der Waals surface area (Å²) >= 11 is 0. The molecular formula is C22H20N4O3. The van der Waals surface area contributed by atoms with Crippen LogP contribution >= 0.6 is 0 Å². The number of anilines is 1. The van der Waals surface area contributed by atoms with Crippen LogP contribution in [0.15, 0.2) is 60.7 Å². The second-order valence-electron chi connectivity index (χ2n) is 6.71. The number of hydrogen-bond acceptors (Lipinski definition) is 5. The van der Waals surface area contributed by atoms with E-state index in [1.807, 2.05) is 49.4 Å². The Morgan fingerprint density at radius 3 is 2.66 bits per heavy atom. The molecule has 1 heterocycles. The molecule has 29 heavy (non-hydrogen) atoms. The molecule has 1 amide bonds. The van der Waals surface area contributed by atoms with Crippen LogP contribution in [0, 0.1) is 0 Å². The zero-order valence-corrected chi connectivity index (χ0v) is 16.1. The smallest absolute Gasteiger partial charge is 0.338 e. The summed E-state index contributed by atoms with van der Waals surface area (Å²) in [5.74, 6) is -0.981. The van der Waals surface area contributed by atoms with Gasteiger partial charge >= 0.3 is 5.97 Å². The van der Waals surface area contributed by atoms with E-state index in [9.17, 15) is 9.59 Å². The van der Waals surface area contributed by atoms with Gasteiger partial charge in [-0.3, -0.25) is 4.79 Å². The lowest BCUT2D eigenvalue weighted by Crippen LogP contribution is -2.30. The first kappa shape index (κ1) is 18.6. The van der Waals surface area contributed by atoms with E-state index in [2.05, 4.69) is 15.6 Å². The molecule has 4 aromatic rings. The van der Waals surface area contributed by atoms with Crippen molar-refractivity contribution in [3.05, 3.63) is 66.2 Å². The van der Waals surface area contributed by atoms with Gasteiger partial charge < -0.3 is 10.1 Å². The van der Waals surface area contributed by atoms with Crippen molar-refractivity contribution < 1.29 is 14.3 Å². The third kappa shape index (κ3) is 3.80. The van der Waals surface area contributed by atoms with Gasteiger partial charge in [-0.05, 0) is 55.0 Å². The molecule has 0 aliphatic heterocycles. The number of esters is 1. The number of ether oxygens (including phenoxy) is 1. The standard InChI is InChI=1S/C22H20N4O3/c1-3-26-20-11-9-17(13-19(20)24-25-26)22(28)29-14(2)21(27)23-18-10-8-15-6-4-5-7-16(15)12-18/h4-14H,3H2,1-2H3,(H,23,27)/t14-/m0/s1. The predicted octanol–water partition coefficient (Wildman–Crippen LogP) is 3.79. The first-order chi connectivity index (χ1) is 14.0. The fraction of sp³-hybridized carbons (Fsp3) is 0.182. The molecule has 4 rings (SSSR count). The molecule has 146 valence electrons. The molecule has 0 radical (unpaired) electrons. The van der Waals surface area contributed by atoms with Gasteiger partial charge in [0, 0.05) is 12.2 Å². The molecule has 0 bridgehead atoms. The van der Waals surface area contributed by atoms with Gasteiger partial charge in [0.05, 0.1) is 11.1 Å². The average molecular weight is 388 g/mol. The van der Waals surface area contributed by atoms with Crippen LogP contribution < -0.4 is 5.32 Å². The number of carbonyl (C=O) groups is 2. The van der Waals surface area contributed by atoms with Crippen LogP contribution in [-0.4, -0.2) is 33.0 Å². The molecule has 3 aromatic carbocycles. The molecule has 7 heteroatoms. The number of fused-ring (bicyclic) bond motifs is 2. The maximum absolute atomic E-state index is 12.5. The zero-order chi connectivity index (χ0) is 20.4. The Balaban J connectivity index is 1.44. The first-order valence-corrected chi connectivity index (χ1v) is 9.39. The van der Waals surface area contributed by atoms with Crippen LogP contribution in [0.25, 0.3) is 21.8 Å². The monoisotopic (exact) mass is 388 g/mol. The van der Waals surface area contributed by atoms with E-state index in [4.69, 9.17) is 4.74 Å². The molecule has 0 saturated heterocycles. The van der Waals surface area contributed by atoms with E-state index in [0.717, 1.165) is 16.3 Å². The molecule has 0 aliphatic carbocycles. The molecule has 0 spiro atoms. The lowest BCUT2D eigenvalue weighted by molar-refractivity contribution is -0.123. The van der Waals surface area contributed by atoms with Crippen LogP contribution in [0.5, 0.6) is 0 Å². The fourth-order valence-corrected chi connectivity index (χ4v) is 3.13. The van der Waals surface area contributed by atoms with Crippen LogP contribution in [0.2, 0.25) is 0 Å². The SMILES string of the molecule is CCn1nnc2cc(C(=O)O[C@@H](C)C(=O)Nc3ccc4ccccc4c3)ccc21. The second kappa shape index (κ2) is 7.71. The predicted molar refractivity (Wildman–Crippen MR) is 111 cm³/mol. The Labute approximate surface area is 167 Å². The number of aromatic nitrogens is 3. The number of aryl methyl sites for hydroxylation is 1. The van der Waals surface area contributed by atoms with Crippen LogP contribution in [0.1, 0.15) is 24.2 Å². The highest BCUT2D eigenvalue weighted by molar-refractivity contribution is 5.99. The minimum atomic E-state index is -0.948. The van der Waals surface area contributed by atoms with E-state index >= 15 is 0 Å². The molecule has 0 saturated carbocycles. The summed E-state index contributed by atoms with van der Waals surface area (Å²) in [6.45, 7) is 4.19. The highest BCUT2D eigenvalue weighted by Gasteiger charge is 2.20. The number of hydrogen-bond donors (Lipinski definition) is 1. The zero-order valence-electron chi connectivity index (χ0n) is 16.1. The lowest BCUT2D eigenvalue weighted by atomic mass is 10.1. The summed E-state index contributed by atoms with van der Waals surface area (Å²) in [5.41, 5.74) is 2.42. The van der Waals surface area contributed by atoms with Crippen molar-refractivity contribution in [2.75, 3.05) is 5.32 Å². The minimum absolute atomic E-state index is 0.325. The van der Waals surface area contributed by atoms with Gasteiger partial charge in [-0.25, -0.2) is 9.48 Å². The molecule has 1 aromatic heterocycles. The third-order valence-electron chi connectivity index (χ3n) is 4.72. The number of carbonyl (C=O) groups excluding carboxylic acids is 2. The Morgan fingerprint density at radius 2 is 1.86 bits per heavy atom. The van der Waals surface area contributed by atoms with E-state index in [1.54, 1.807) is 29.8 Å². The topological polar surface area (TPSA) is 86.1 Å². The Bertz CT molecular complexity index is 1220. The number of nitrogens with zero attached hydrogens (tertiary/aromatic N) is 3. The van der Waals surface area contributed by atoms with Gasteiger partial charge in [0.1, 0.15) is 5.52 Å². The van der Waals surface area contributed by atoms with Gasteiger partial charge in [0.15, 0.2) is 6.10 Å².